The van der Waals surface area contributed by atoms with Gasteiger partial charge in [0.1, 0.15) is 6.04 Å². The van der Waals surface area contributed by atoms with Crippen LogP contribution in [-0.2, 0) is 35.5 Å². The Kier molecular flexibility index (Phi) is 8.51. The SMILES string of the molecule is Cc1ncsc1C=CC(=O)N(Cc1ccc(-n2ccnn2)cc1)C(Cc1ccccc1)C(=O)N1CCc2ccccc2C1. The van der Waals surface area contributed by atoms with Crippen LogP contribution in [0.5, 0.6) is 0 Å². The summed E-state index contributed by atoms with van der Waals surface area (Å²) in [6.07, 6.45) is 7.99. The van der Waals surface area contributed by atoms with Crippen molar-refractivity contribution in [1.82, 2.24) is 29.8 Å². The van der Waals surface area contributed by atoms with Crippen molar-refractivity contribution in [1.29, 1.82) is 0 Å². The Labute approximate surface area is 254 Å². The molecule has 0 saturated carbocycles. The van der Waals surface area contributed by atoms with E-state index in [9.17, 15) is 9.59 Å². The maximum absolute atomic E-state index is 14.4. The molecule has 1 aliphatic heterocycles. The molecule has 6 rings (SSSR count). The molecule has 9 heteroatoms. The second kappa shape index (κ2) is 13.0. The van der Waals surface area contributed by atoms with Gasteiger partial charge in [0.15, 0.2) is 0 Å². The van der Waals surface area contributed by atoms with Gasteiger partial charge in [0.2, 0.25) is 11.8 Å². The fourth-order valence-electron chi connectivity index (χ4n) is 5.41. The van der Waals surface area contributed by atoms with Crippen LogP contribution >= 0.6 is 11.3 Å². The van der Waals surface area contributed by atoms with Gasteiger partial charge in [0.25, 0.3) is 0 Å². The monoisotopic (exact) mass is 588 g/mol. The number of nitrogens with zero attached hydrogens (tertiary/aromatic N) is 6. The summed E-state index contributed by atoms with van der Waals surface area (Å²) in [5.41, 5.74) is 7.84. The quantitative estimate of drug-likeness (QED) is 0.219. The van der Waals surface area contributed by atoms with Crippen molar-refractivity contribution < 1.29 is 9.59 Å². The van der Waals surface area contributed by atoms with Crippen molar-refractivity contribution in [2.75, 3.05) is 6.54 Å². The van der Waals surface area contributed by atoms with Gasteiger partial charge in [0, 0.05) is 37.0 Å². The first kappa shape index (κ1) is 28.2. The fraction of sp³-hybridized carbons (Fsp3) is 0.206. The molecular weight excluding hydrogens is 556 g/mol. The fourth-order valence-corrected chi connectivity index (χ4v) is 6.11. The van der Waals surface area contributed by atoms with Crippen LogP contribution in [0.25, 0.3) is 11.8 Å². The van der Waals surface area contributed by atoms with Gasteiger partial charge in [-0.3, -0.25) is 9.59 Å². The zero-order chi connectivity index (χ0) is 29.6. The van der Waals surface area contributed by atoms with Gasteiger partial charge in [-0.2, -0.15) is 0 Å². The van der Waals surface area contributed by atoms with Gasteiger partial charge in [-0.25, -0.2) is 9.67 Å². The van der Waals surface area contributed by atoms with Crippen LogP contribution in [0.3, 0.4) is 0 Å². The molecule has 2 aromatic heterocycles. The zero-order valence-corrected chi connectivity index (χ0v) is 24.7. The molecule has 0 radical (unpaired) electrons. The summed E-state index contributed by atoms with van der Waals surface area (Å²) in [5.74, 6) is -0.270. The molecule has 1 atom stereocenters. The maximum atomic E-state index is 14.4. The summed E-state index contributed by atoms with van der Waals surface area (Å²) in [6.45, 7) is 3.34. The van der Waals surface area contributed by atoms with Gasteiger partial charge in [-0.05, 0) is 53.8 Å². The van der Waals surface area contributed by atoms with E-state index in [0.29, 0.717) is 19.5 Å². The molecule has 0 bridgehead atoms. The highest BCUT2D eigenvalue weighted by Gasteiger charge is 2.34. The molecule has 1 unspecified atom stereocenters. The predicted octanol–water partition coefficient (Wildman–Crippen LogP) is 5.27. The minimum absolute atomic E-state index is 0.0479. The zero-order valence-electron chi connectivity index (χ0n) is 23.9. The Hall–Kier alpha value is -4.89. The van der Waals surface area contributed by atoms with Gasteiger partial charge in [-0.1, -0.05) is 71.9 Å². The van der Waals surface area contributed by atoms with Crippen molar-refractivity contribution >= 4 is 29.2 Å². The smallest absolute Gasteiger partial charge is 0.247 e. The van der Waals surface area contributed by atoms with Gasteiger partial charge < -0.3 is 9.80 Å². The third-order valence-corrected chi connectivity index (χ3v) is 8.69. The number of fused-ring (bicyclic) bond motifs is 1. The van der Waals surface area contributed by atoms with E-state index in [-0.39, 0.29) is 18.4 Å². The van der Waals surface area contributed by atoms with Crippen LogP contribution in [-0.4, -0.2) is 54.2 Å². The van der Waals surface area contributed by atoms with E-state index < -0.39 is 6.04 Å². The normalized spacial score (nSPS) is 13.6. The minimum Gasteiger partial charge on any atom is -0.336 e. The van der Waals surface area contributed by atoms with E-state index in [1.807, 2.05) is 78.6 Å². The molecule has 2 amide bonds. The molecule has 0 N–H and O–H groups in total. The number of aryl methyl sites for hydroxylation is 1. The van der Waals surface area contributed by atoms with Crippen LogP contribution in [0.1, 0.15) is 32.8 Å². The summed E-state index contributed by atoms with van der Waals surface area (Å²) >= 11 is 1.48. The highest BCUT2D eigenvalue weighted by molar-refractivity contribution is 7.10. The minimum atomic E-state index is -0.692. The molecule has 3 heterocycles. The van der Waals surface area contributed by atoms with Crippen molar-refractivity contribution in [3.8, 4) is 5.69 Å². The second-order valence-corrected chi connectivity index (χ2v) is 11.5. The van der Waals surface area contributed by atoms with Crippen LogP contribution in [0.4, 0.5) is 0 Å². The van der Waals surface area contributed by atoms with E-state index in [2.05, 4.69) is 27.4 Å². The molecule has 0 aliphatic carbocycles. The summed E-state index contributed by atoms with van der Waals surface area (Å²) in [6, 6.07) is 25.3. The number of rotatable bonds is 9. The molecular formula is C34H32N6O2S. The van der Waals surface area contributed by atoms with Crippen molar-refractivity contribution in [3.63, 3.8) is 0 Å². The highest BCUT2D eigenvalue weighted by Crippen LogP contribution is 2.24. The molecule has 3 aromatic carbocycles. The second-order valence-electron chi connectivity index (χ2n) is 10.6. The first-order valence-corrected chi connectivity index (χ1v) is 15.2. The van der Waals surface area contributed by atoms with E-state index in [4.69, 9.17) is 0 Å². The van der Waals surface area contributed by atoms with Crippen LogP contribution in [0, 0.1) is 6.92 Å². The van der Waals surface area contributed by atoms with Crippen LogP contribution < -0.4 is 0 Å². The number of hydrogen-bond donors (Lipinski definition) is 0. The maximum Gasteiger partial charge on any atom is 0.247 e. The largest absolute Gasteiger partial charge is 0.336 e. The lowest BCUT2D eigenvalue weighted by Gasteiger charge is -2.37. The lowest BCUT2D eigenvalue weighted by Crippen LogP contribution is -2.52. The van der Waals surface area contributed by atoms with E-state index in [0.717, 1.165) is 39.4 Å². The number of benzene rings is 3. The first-order chi connectivity index (χ1) is 21.0. The number of aromatic nitrogens is 4. The molecule has 5 aromatic rings. The standard InChI is InChI=1S/C34H32N6O2S/c1-25-32(43-24-35-25)15-16-33(41)39(22-27-11-13-30(14-12-27)40-20-18-36-37-40)31(21-26-7-3-2-4-8-26)34(42)38-19-17-28-9-5-6-10-29(28)23-38/h2-16,18,20,24,31H,17,19,21-23H2,1H3. The van der Waals surface area contributed by atoms with Crippen molar-refractivity contribution in [2.24, 2.45) is 0 Å². The molecule has 0 fully saturated rings. The Morgan fingerprint density at radius 3 is 2.47 bits per heavy atom. The summed E-state index contributed by atoms with van der Waals surface area (Å²) in [7, 11) is 0. The summed E-state index contributed by atoms with van der Waals surface area (Å²) < 4.78 is 1.68. The van der Waals surface area contributed by atoms with Crippen LogP contribution in [0.15, 0.2) is 103 Å². The van der Waals surface area contributed by atoms with E-state index >= 15 is 0 Å². The average Bonchev–Trinajstić information content (AvgIpc) is 3.74. The number of carbonyl (C=O) groups excluding carboxylic acids is 2. The lowest BCUT2D eigenvalue weighted by atomic mass is 9.97. The van der Waals surface area contributed by atoms with Gasteiger partial charge >= 0.3 is 0 Å². The van der Waals surface area contributed by atoms with Crippen LogP contribution in [0.2, 0.25) is 0 Å². The van der Waals surface area contributed by atoms with Crippen molar-refractivity contribution in [2.45, 2.75) is 38.9 Å². The third-order valence-electron chi connectivity index (χ3n) is 7.79. The summed E-state index contributed by atoms with van der Waals surface area (Å²) in [5, 5.41) is 7.95. The Bertz CT molecular complexity index is 1710. The van der Waals surface area contributed by atoms with Crippen molar-refractivity contribution in [3.05, 3.63) is 136 Å². The molecule has 0 spiro atoms. The summed E-state index contributed by atoms with van der Waals surface area (Å²) in [4.78, 5) is 37.3. The average molecular weight is 589 g/mol. The highest BCUT2D eigenvalue weighted by atomic mass is 32.1. The Morgan fingerprint density at radius 1 is 0.977 bits per heavy atom. The molecule has 8 nitrogen and oxygen atoms in total. The van der Waals surface area contributed by atoms with E-state index in [1.165, 1.54) is 16.9 Å². The number of amides is 2. The Balaban J connectivity index is 1.34. The van der Waals surface area contributed by atoms with Gasteiger partial charge in [0.05, 0.1) is 29.3 Å². The third kappa shape index (κ3) is 6.62. The lowest BCUT2D eigenvalue weighted by molar-refractivity contribution is -0.144. The van der Waals surface area contributed by atoms with E-state index in [1.54, 1.807) is 39.6 Å². The first-order valence-electron chi connectivity index (χ1n) is 14.3. The Morgan fingerprint density at radius 2 is 1.74 bits per heavy atom. The van der Waals surface area contributed by atoms with Gasteiger partial charge in [-0.15, -0.1) is 16.4 Å². The number of carbonyl (C=O) groups is 2. The molecule has 216 valence electrons. The molecule has 1 aliphatic rings. The predicted molar refractivity (Wildman–Crippen MR) is 167 cm³/mol. The number of hydrogen-bond acceptors (Lipinski definition) is 6. The molecule has 0 saturated heterocycles. The topological polar surface area (TPSA) is 84.2 Å². The number of thiazole rings is 1. The molecule has 43 heavy (non-hydrogen) atoms.